The molecule has 0 bridgehead atoms. The van der Waals surface area contributed by atoms with Crippen LogP contribution >= 0.6 is 0 Å². The third-order valence-corrected chi connectivity index (χ3v) is 3.55. The molecule has 0 aliphatic carbocycles. The molecule has 1 unspecified atom stereocenters. The Morgan fingerprint density at radius 2 is 2.37 bits per heavy atom. The van der Waals surface area contributed by atoms with Crippen LogP contribution in [-0.4, -0.2) is 22.0 Å². The SMILES string of the molecule is CCC(C)[C@H]1C(O)=C(C#N)C(=O)N1Cc1ccco1. The Kier molecular flexibility index (Phi) is 3.61. The Balaban J connectivity index is 2.31. The normalized spacial score (nSPS) is 20.8. The lowest BCUT2D eigenvalue weighted by molar-refractivity contribution is -0.128. The second-order valence-corrected chi connectivity index (χ2v) is 4.71. The summed E-state index contributed by atoms with van der Waals surface area (Å²) >= 11 is 0. The van der Waals surface area contributed by atoms with Crippen LogP contribution in [0.25, 0.3) is 0 Å². The van der Waals surface area contributed by atoms with Gasteiger partial charge in [-0.05, 0) is 18.1 Å². The minimum absolute atomic E-state index is 0.0739. The summed E-state index contributed by atoms with van der Waals surface area (Å²) in [6.45, 7) is 4.19. The van der Waals surface area contributed by atoms with Gasteiger partial charge in [0.2, 0.25) is 0 Å². The molecular weight excluding hydrogens is 244 g/mol. The maximum atomic E-state index is 12.1. The first-order valence-corrected chi connectivity index (χ1v) is 6.26. The van der Waals surface area contributed by atoms with Gasteiger partial charge in [-0.25, -0.2) is 0 Å². The molecule has 1 aromatic heterocycles. The van der Waals surface area contributed by atoms with E-state index in [1.54, 1.807) is 18.2 Å². The van der Waals surface area contributed by atoms with Crippen molar-refractivity contribution in [3.8, 4) is 6.07 Å². The first kappa shape index (κ1) is 13.2. The third kappa shape index (κ3) is 2.22. The van der Waals surface area contributed by atoms with E-state index in [1.807, 2.05) is 13.8 Å². The van der Waals surface area contributed by atoms with Crippen molar-refractivity contribution >= 4 is 5.91 Å². The lowest BCUT2D eigenvalue weighted by atomic mass is 9.97. The zero-order valence-corrected chi connectivity index (χ0v) is 11.0. The minimum Gasteiger partial charge on any atom is -0.508 e. The molecule has 19 heavy (non-hydrogen) atoms. The highest BCUT2D eigenvalue weighted by molar-refractivity contribution is 6.00. The Hall–Kier alpha value is -2.22. The van der Waals surface area contributed by atoms with E-state index in [0.717, 1.165) is 6.42 Å². The number of furan rings is 1. The van der Waals surface area contributed by atoms with E-state index in [1.165, 1.54) is 11.2 Å². The number of carbonyl (C=O) groups excluding carboxylic acids is 1. The standard InChI is InChI=1S/C14H16N2O3/c1-3-9(2)12-13(17)11(7-15)14(18)16(12)8-10-5-4-6-19-10/h4-6,9,12,17H,3,8H2,1-2H3/t9?,12-/m0/s1. The number of rotatable bonds is 4. The summed E-state index contributed by atoms with van der Waals surface area (Å²) in [5, 5.41) is 19.1. The summed E-state index contributed by atoms with van der Waals surface area (Å²) < 4.78 is 5.23. The Morgan fingerprint density at radius 3 is 2.89 bits per heavy atom. The summed E-state index contributed by atoms with van der Waals surface area (Å²) in [5.74, 6) is 0.161. The van der Waals surface area contributed by atoms with Gasteiger partial charge in [0.1, 0.15) is 17.6 Å². The lowest BCUT2D eigenvalue weighted by Crippen LogP contribution is -2.39. The Bertz CT molecular complexity index is 540. The number of aliphatic hydroxyl groups excluding tert-OH is 1. The molecule has 2 atom stereocenters. The van der Waals surface area contributed by atoms with Crippen molar-refractivity contribution in [2.24, 2.45) is 5.92 Å². The summed E-state index contributed by atoms with van der Waals surface area (Å²) in [5.41, 5.74) is -0.156. The van der Waals surface area contributed by atoms with Crippen molar-refractivity contribution in [3.05, 3.63) is 35.5 Å². The Labute approximate surface area is 111 Å². The molecule has 0 aromatic carbocycles. The van der Waals surface area contributed by atoms with Crippen LogP contribution in [0.4, 0.5) is 0 Å². The van der Waals surface area contributed by atoms with Crippen LogP contribution in [0.3, 0.4) is 0 Å². The van der Waals surface area contributed by atoms with Crippen molar-refractivity contribution in [1.82, 2.24) is 4.90 Å². The molecule has 1 amide bonds. The molecule has 2 rings (SSSR count). The fraction of sp³-hybridized carbons (Fsp3) is 0.429. The van der Waals surface area contributed by atoms with Gasteiger partial charge in [0.15, 0.2) is 5.57 Å². The first-order chi connectivity index (χ1) is 9.10. The monoisotopic (exact) mass is 260 g/mol. The van der Waals surface area contributed by atoms with Gasteiger partial charge in [0, 0.05) is 0 Å². The van der Waals surface area contributed by atoms with Crippen LogP contribution in [0.5, 0.6) is 0 Å². The average Bonchev–Trinajstić information content (AvgIpc) is 2.98. The average molecular weight is 260 g/mol. The smallest absolute Gasteiger partial charge is 0.269 e. The summed E-state index contributed by atoms with van der Waals surface area (Å²) in [6.07, 6.45) is 2.34. The lowest BCUT2D eigenvalue weighted by Gasteiger charge is -2.28. The largest absolute Gasteiger partial charge is 0.508 e. The van der Waals surface area contributed by atoms with E-state index in [0.29, 0.717) is 5.76 Å². The van der Waals surface area contributed by atoms with Gasteiger partial charge in [0.05, 0.1) is 18.8 Å². The van der Waals surface area contributed by atoms with Crippen molar-refractivity contribution in [1.29, 1.82) is 5.26 Å². The topological polar surface area (TPSA) is 77.5 Å². The molecule has 1 aliphatic heterocycles. The van der Waals surface area contributed by atoms with Gasteiger partial charge < -0.3 is 14.4 Å². The number of amides is 1. The number of carbonyl (C=O) groups is 1. The summed E-state index contributed by atoms with van der Waals surface area (Å²) in [6, 6.07) is 4.85. The molecule has 0 spiro atoms. The van der Waals surface area contributed by atoms with Crippen molar-refractivity contribution in [2.45, 2.75) is 32.9 Å². The third-order valence-electron chi connectivity index (χ3n) is 3.55. The molecule has 5 heteroatoms. The molecule has 1 aromatic rings. The Morgan fingerprint density at radius 1 is 1.63 bits per heavy atom. The van der Waals surface area contributed by atoms with Gasteiger partial charge in [-0.15, -0.1) is 0 Å². The summed E-state index contributed by atoms with van der Waals surface area (Å²) in [4.78, 5) is 13.6. The molecule has 0 radical (unpaired) electrons. The van der Waals surface area contributed by atoms with Gasteiger partial charge in [-0.2, -0.15) is 5.26 Å². The van der Waals surface area contributed by atoms with Crippen LogP contribution in [0, 0.1) is 17.2 Å². The highest BCUT2D eigenvalue weighted by Gasteiger charge is 2.42. The highest BCUT2D eigenvalue weighted by Crippen LogP contribution is 2.31. The maximum absolute atomic E-state index is 12.1. The van der Waals surface area contributed by atoms with E-state index >= 15 is 0 Å². The number of nitrogens with zero attached hydrogens (tertiary/aromatic N) is 2. The molecule has 0 saturated carbocycles. The second-order valence-electron chi connectivity index (χ2n) is 4.71. The van der Waals surface area contributed by atoms with Crippen molar-refractivity contribution in [2.75, 3.05) is 0 Å². The molecule has 0 saturated heterocycles. The molecule has 1 aliphatic rings. The predicted molar refractivity (Wildman–Crippen MR) is 67.8 cm³/mol. The molecular formula is C14H16N2O3. The van der Waals surface area contributed by atoms with Crippen LogP contribution in [0.2, 0.25) is 0 Å². The van der Waals surface area contributed by atoms with Gasteiger partial charge in [0.25, 0.3) is 5.91 Å². The minimum atomic E-state index is -0.447. The maximum Gasteiger partial charge on any atom is 0.269 e. The molecule has 1 N–H and O–H groups in total. The number of hydrogen-bond acceptors (Lipinski definition) is 4. The van der Waals surface area contributed by atoms with Crippen LogP contribution in [-0.2, 0) is 11.3 Å². The zero-order chi connectivity index (χ0) is 14.0. The molecule has 2 heterocycles. The zero-order valence-electron chi connectivity index (χ0n) is 11.0. The fourth-order valence-corrected chi connectivity index (χ4v) is 2.32. The number of hydrogen-bond donors (Lipinski definition) is 1. The van der Waals surface area contributed by atoms with Crippen LogP contribution in [0.1, 0.15) is 26.0 Å². The number of nitriles is 1. The molecule has 5 nitrogen and oxygen atoms in total. The quantitative estimate of drug-likeness (QED) is 0.901. The van der Waals surface area contributed by atoms with Crippen molar-refractivity contribution in [3.63, 3.8) is 0 Å². The van der Waals surface area contributed by atoms with E-state index in [2.05, 4.69) is 0 Å². The molecule has 0 fully saturated rings. The van der Waals surface area contributed by atoms with E-state index in [-0.39, 0.29) is 23.8 Å². The van der Waals surface area contributed by atoms with Gasteiger partial charge in [-0.1, -0.05) is 20.3 Å². The van der Waals surface area contributed by atoms with Gasteiger partial charge >= 0.3 is 0 Å². The van der Waals surface area contributed by atoms with Crippen LogP contribution in [0.15, 0.2) is 34.1 Å². The van der Waals surface area contributed by atoms with Crippen LogP contribution < -0.4 is 0 Å². The van der Waals surface area contributed by atoms with Crippen molar-refractivity contribution < 1.29 is 14.3 Å². The summed E-state index contributed by atoms with van der Waals surface area (Å²) in [7, 11) is 0. The van der Waals surface area contributed by atoms with E-state index < -0.39 is 11.9 Å². The first-order valence-electron chi connectivity index (χ1n) is 6.26. The molecule has 100 valence electrons. The second kappa shape index (κ2) is 5.19. The fourth-order valence-electron chi connectivity index (χ4n) is 2.32. The van der Waals surface area contributed by atoms with E-state index in [4.69, 9.17) is 9.68 Å². The highest BCUT2D eigenvalue weighted by atomic mass is 16.3. The number of aliphatic hydroxyl groups is 1. The van der Waals surface area contributed by atoms with Gasteiger partial charge in [-0.3, -0.25) is 4.79 Å². The van der Waals surface area contributed by atoms with E-state index in [9.17, 15) is 9.90 Å². The predicted octanol–water partition coefficient (Wildman–Crippen LogP) is 2.37.